The van der Waals surface area contributed by atoms with Crippen molar-refractivity contribution in [3.8, 4) is 0 Å². The summed E-state index contributed by atoms with van der Waals surface area (Å²) in [4.78, 5) is 14.1. The van der Waals surface area contributed by atoms with Crippen LogP contribution in [-0.2, 0) is 9.47 Å². The lowest BCUT2D eigenvalue weighted by molar-refractivity contribution is 0.114. The zero-order valence-electron chi connectivity index (χ0n) is 16.4. The molecule has 8 nitrogen and oxygen atoms in total. The van der Waals surface area contributed by atoms with Crippen LogP contribution in [0.25, 0.3) is 0 Å². The van der Waals surface area contributed by atoms with Crippen LogP contribution < -0.4 is 20.4 Å². The van der Waals surface area contributed by atoms with Gasteiger partial charge in [0.05, 0.1) is 19.3 Å². The zero-order chi connectivity index (χ0) is 19.2. The van der Waals surface area contributed by atoms with Gasteiger partial charge in [-0.25, -0.2) is 0 Å². The second kappa shape index (κ2) is 9.67. The zero-order valence-corrected chi connectivity index (χ0v) is 17.2. The van der Waals surface area contributed by atoms with Gasteiger partial charge < -0.3 is 29.9 Å². The van der Waals surface area contributed by atoms with E-state index in [4.69, 9.17) is 31.7 Å². The van der Waals surface area contributed by atoms with Gasteiger partial charge in [-0.15, -0.1) is 0 Å². The fourth-order valence-electron chi connectivity index (χ4n) is 3.87. The maximum absolute atomic E-state index is 5.64. The first-order valence-electron chi connectivity index (χ1n) is 10.4. The molecule has 0 aliphatic carbocycles. The summed E-state index contributed by atoms with van der Waals surface area (Å²) in [7, 11) is 0. The van der Waals surface area contributed by atoms with E-state index in [-0.39, 0.29) is 6.10 Å². The summed E-state index contributed by atoms with van der Waals surface area (Å²) in [6.45, 7) is 6.79. The summed E-state index contributed by atoms with van der Waals surface area (Å²) in [5.74, 6) is 2.46. The van der Waals surface area contributed by atoms with Crippen molar-refractivity contribution in [1.29, 1.82) is 0 Å². The van der Waals surface area contributed by atoms with Gasteiger partial charge in [0.1, 0.15) is 11.6 Å². The monoisotopic (exact) mass is 406 g/mol. The highest BCUT2D eigenvalue weighted by Crippen LogP contribution is 2.24. The Balaban J connectivity index is 1.46. The summed E-state index contributed by atoms with van der Waals surface area (Å²) >= 11 is 5.47. The molecule has 0 saturated carbocycles. The van der Waals surface area contributed by atoms with Gasteiger partial charge >= 0.3 is 0 Å². The van der Waals surface area contributed by atoms with E-state index in [0.29, 0.717) is 17.6 Å². The van der Waals surface area contributed by atoms with Crippen molar-refractivity contribution in [2.75, 3.05) is 67.7 Å². The fraction of sp³-hybridized carbons (Fsp3) is 0.737. The summed E-state index contributed by atoms with van der Waals surface area (Å²) in [5.41, 5.74) is 0. The van der Waals surface area contributed by atoms with Crippen molar-refractivity contribution in [3.05, 3.63) is 6.07 Å². The Morgan fingerprint density at radius 1 is 1.00 bits per heavy atom. The lowest BCUT2D eigenvalue weighted by atomic mass is 10.1. The van der Waals surface area contributed by atoms with E-state index in [1.54, 1.807) is 0 Å². The van der Waals surface area contributed by atoms with Crippen molar-refractivity contribution in [2.24, 2.45) is 0 Å². The normalized spacial score (nSPS) is 22.9. The minimum atomic E-state index is 0.240. The highest BCUT2D eigenvalue weighted by atomic mass is 32.1. The first-order chi connectivity index (χ1) is 13.8. The Morgan fingerprint density at radius 3 is 2.39 bits per heavy atom. The van der Waals surface area contributed by atoms with Gasteiger partial charge in [-0.3, -0.25) is 0 Å². The van der Waals surface area contributed by atoms with E-state index in [2.05, 4.69) is 26.5 Å². The van der Waals surface area contributed by atoms with Gasteiger partial charge in [0, 0.05) is 45.4 Å². The van der Waals surface area contributed by atoms with Crippen molar-refractivity contribution < 1.29 is 9.47 Å². The van der Waals surface area contributed by atoms with Crippen LogP contribution in [0.1, 0.15) is 32.1 Å². The average molecular weight is 407 g/mol. The number of hydrogen-bond donors (Lipinski definition) is 2. The van der Waals surface area contributed by atoms with Crippen LogP contribution in [0.15, 0.2) is 6.07 Å². The molecule has 154 valence electrons. The summed E-state index contributed by atoms with van der Waals surface area (Å²) in [6.07, 6.45) is 6.15. The molecule has 3 fully saturated rings. The van der Waals surface area contributed by atoms with Gasteiger partial charge in [-0.05, 0) is 44.3 Å². The first-order valence-corrected chi connectivity index (χ1v) is 10.8. The molecule has 0 bridgehead atoms. The molecule has 0 aromatic carbocycles. The number of morpholine rings is 1. The van der Waals surface area contributed by atoms with Crippen LogP contribution in [0.2, 0.25) is 0 Å². The summed E-state index contributed by atoms with van der Waals surface area (Å²) in [6, 6.07) is 2.10. The van der Waals surface area contributed by atoms with Gasteiger partial charge in [0.15, 0.2) is 5.11 Å². The second-order valence-corrected chi connectivity index (χ2v) is 7.93. The minimum absolute atomic E-state index is 0.240. The SMILES string of the molecule is S=C(NC[C@@H]1CCCO1)Nc1nc(N2CCCCC2)cc(N2CCOCC2)n1. The molecule has 0 amide bonds. The average Bonchev–Trinajstić information content (AvgIpc) is 3.27. The number of rotatable bonds is 5. The maximum atomic E-state index is 5.64. The summed E-state index contributed by atoms with van der Waals surface area (Å²) < 4.78 is 11.1. The van der Waals surface area contributed by atoms with E-state index >= 15 is 0 Å². The number of aromatic nitrogens is 2. The number of nitrogens with zero attached hydrogens (tertiary/aromatic N) is 4. The topological polar surface area (TPSA) is 74.8 Å². The van der Waals surface area contributed by atoms with Crippen LogP contribution in [0.3, 0.4) is 0 Å². The Labute approximate surface area is 172 Å². The smallest absolute Gasteiger partial charge is 0.232 e. The molecule has 0 radical (unpaired) electrons. The Kier molecular flexibility index (Phi) is 6.77. The summed E-state index contributed by atoms with van der Waals surface area (Å²) in [5, 5.41) is 6.96. The minimum Gasteiger partial charge on any atom is -0.378 e. The molecule has 0 unspecified atom stereocenters. The molecule has 2 N–H and O–H groups in total. The highest BCUT2D eigenvalue weighted by Gasteiger charge is 2.20. The molecular formula is C19H30N6O2S. The fourth-order valence-corrected chi connectivity index (χ4v) is 4.05. The molecular weight excluding hydrogens is 376 g/mol. The largest absolute Gasteiger partial charge is 0.378 e. The lowest BCUT2D eigenvalue weighted by Crippen LogP contribution is -2.38. The second-order valence-electron chi connectivity index (χ2n) is 7.53. The molecule has 4 rings (SSSR count). The van der Waals surface area contributed by atoms with Crippen molar-refractivity contribution in [2.45, 2.75) is 38.2 Å². The highest BCUT2D eigenvalue weighted by molar-refractivity contribution is 7.80. The number of anilines is 3. The lowest BCUT2D eigenvalue weighted by Gasteiger charge is -2.31. The Morgan fingerprint density at radius 2 is 1.71 bits per heavy atom. The molecule has 3 saturated heterocycles. The van der Waals surface area contributed by atoms with E-state index in [9.17, 15) is 0 Å². The first kappa shape index (κ1) is 19.6. The third-order valence-electron chi connectivity index (χ3n) is 5.45. The molecule has 3 aliphatic rings. The quantitative estimate of drug-likeness (QED) is 0.712. The molecule has 9 heteroatoms. The van der Waals surface area contributed by atoms with E-state index in [0.717, 1.165) is 70.5 Å². The third kappa shape index (κ3) is 5.21. The van der Waals surface area contributed by atoms with Crippen LogP contribution in [0.5, 0.6) is 0 Å². The number of thiocarbonyl (C=S) groups is 1. The van der Waals surface area contributed by atoms with Crippen molar-refractivity contribution in [3.63, 3.8) is 0 Å². The number of piperidine rings is 1. The van der Waals surface area contributed by atoms with Crippen LogP contribution in [-0.4, -0.2) is 73.7 Å². The Bertz CT molecular complexity index is 622. The van der Waals surface area contributed by atoms with Gasteiger partial charge in [-0.1, -0.05) is 0 Å². The number of ether oxygens (including phenoxy) is 2. The predicted molar refractivity (Wildman–Crippen MR) is 114 cm³/mol. The van der Waals surface area contributed by atoms with Gasteiger partial charge in [-0.2, -0.15) is 9.97 Å². The van der Waals surface area contributed by atoms with Crippen LogP contribution in [0, 0.1) is 0 Å². The van der Waals surface area contributed by atoms with Crippen LogP contribution in [0.4, 0.5) is 17.6 Å². The maximum Gasteiger partial charge on any atom is 0.232 e. The molecule has 28 heavy (non-hydrogen) atoms. The standard InChI is InChI=1S/C19H30N6O2S/c28-19(20-14-15-5-4-10-27-15)23-18-21-16(24-6-2-1-3-7-24)13-17(22-18)25-8-11-26-12-9-25/h13,15H,1-12,14H2,(H2,20,21,22,23,28)/t15-/m0/s1. The number of hydrogen-bond acceptors (Lipinski definition) is 7. The molecule has 1 aromatic rings. The molecule has 4 heterocycles. The van der Waals surface area contributed by atoms with E-state index in [1.807, 2.05) is 0 Å². The van der Waals surface area contributed by atoms with Crippen molar-refractivity contribution >= 4 is 34.9 Å². The molecule has 1 aromatic heterocycles. The van der Waals surface area contributed by atoms with E-state index < -0.39 is 0 Å². The Hall–Kier alpha value is -1.71. The number of nitrogens with one attached hydrogen (secondary N) is 2. The molecule has 0 spiro atoms. The van der Waals surface area contributed by atoms with E-state index in [1.165, 1.54) is 19.3 Å². The molecule has 1 atom stereocenters. The molecule has 3 aliphatic heterocycles. The van der Waals surface area contributed by atoms with Crippen LogP contribution >= 0.6 is 12.2 Å². The van der Waals surface area contributed by atoms with Crippen molar-refractivity contribution in [1.82, 2.24) is 15.3 Å². The third-order valence-corrected chi connectivity index (χ3v) is 5.70. The van der Waals surface area contributed by atoms with Gasteiger partial charge in [0.2, 0.25) is 5.95 Å². The predicted octanol–water partition coefficient (Wildman–Crippen LogP) is 1.77. The van der Waals surface area contributed by atoms with Gasteiger partial charge in [0.25, 0.3) is 0 Å².